The van der Waals surface area contributed by atoms with Crippen molar-refractivity contribution in [1.29, 1.82) is 0 Å². The zero-order chi connectivity index (χ0) is 10.8. The first kappa shape index (κ1) is 11.9. The molecular formula is C8H17N2O3S. The van der Waals surface area contributed by atoms with E-state index in [1.165, 1.54) is 13.1 Å². The Hall–Kier alpha value is -0.170. The molecule has 2 N–H and O–H groups in total. The van der Waals surface area contributed by atoms with E-state index in [1.807, 2.05) is 23.5 Å². The molecule has 14 heavy (non-hydrogen) atoms. The van der Waals surface area contributed by atoms with E-state index in [1.54, 1.807) is 0 Å². The summed E-state index contributed by atoms with van der Waals surface area (Å²) in [6.45, 7) is 5.43. The minimum atomic E-state index is -4.12. The van der Waals surface area contributed by atoms with Gasteiger partial charge < -0.3 is 0 Å². The van der Waals surface area contributed by atoms with Gasteiger partial charge in [-0.1, -0.05) is 6.42 Å². The number of likely N-dealkylation sites (tertiary alicyclic amines) is 1. The molecule has 0 aliphatic carbocycles. The van der Waals surface area contributed by atoms with Gasteiger partial charge in [-0.2, -0.15) is 13.1 Å². The van der Waals surface area contributed by atoms with Crippen molar-refractivity contribution in [2.45, 2.75) is 45.2 Å². The maximum absolute atomic E-state index is 10.5. The third kappa shape index (κ3) is 3.53. The summed E-state index contributed by atoms with van der Waals surface area (Å²) >= 11 is 0. The van der Waals surface area contributed by atoms with Crippen molar-refractivity contribution >= 4 is 10.3 Å². The highest BCUT2D eigenvalue weighted by atomic mass is 32.2. The fourth-order valence-electron chi connectivity index (χ4n) is 1.82. The highest BCUT2D eigenvalue weighted by molar-refractivity contribution is 7.83. The summed E-state index contributed by atoms with van der Waals surface area (Å²) in [6.07, 6.45) is 3.26. The van der Waals surface area contributed by atoms with Gasteiger partial charge in [0.25, 0.3) is 0 Å². The molecule has 1 fully saturated rings. The fraction of sp³-hybridized carbons (Fsp3) is 0.875. The number of nitrogens with one attached hydrogen (secondary N) is 1. The standard InChI is InChI=1S/C8H17N2O3S/c1-7-4-3-5-8(2)10(7)6-9-14(11,12)13/h6-9H,3-5H2,1-2H3,(H,11,12,13). The molecule has 0 aromatic rings. The summed E-state index contributed by atoms with van der Waals surface area (Å²) in [7, 11) is -4.12. The lowest BCUT2D eigenvalue weighted by atomic mass is 9.98. The zero-order valence-corrected chi connectivity index (χ0v) is 9.29. The highest BCUT2D eigenvalue weighted by Gasteiger charge is 2.25. The van der Waals surface area contributed by atoms with Crippen molar-refractivity contribution < 1.29 is 13.0 Å². The van der Waals surface area contributed by atoms with Crippen LogP contribution in [0, 0.1) is 6.67 Å². The van der Waals surface area contributed by atoms with Gasteiger partial charge in [-0.25, -0.2) is 0 Å². The molecule has 0 amide bonds. The van der Waals surface area contributed by atoms with Crippen LogP contribution in [0.3, 0.4) is 0 Å². The third-order valence-corrected chi connectivity index (χ3v) is 3.02. The molecule has 83 valence electrons. The molecule has 0 spiro atoms. The second kappa shape index (κ2) is 4.57. The maximum Gasteiger partial charge on any atom is 0.334 e. The summed E-state index contributed by atoms with van der Waals surface area (Å²) in [4.78, 5) is 1.93. The average molecular weight is 221 g/mol. The van der Waals surface area contributed by atoms with Gasteiger partial charge in [0.2, 0.25) is 0 Å². The molecule has 1 heterocycles. The Bertz CT molecular complexity index is 268. The normalized spacial score (nSPS) is 30.5. The molecule has 2 atom stereocenters. The Balaban J connectivity index is 2.48. The fourth-order valence-corrected chi connectivity index (χ4v) is 2.08. The van der Waals surface area contributed by atoms with Crippen LogP contribution in [0.2, 0.25) is 0 Å². The van der Waals surface area contributed by atoms with E-state index >= 15 is 0 Å². The SMILES string of the molecule is CC1CCCC(C)N1[CH]NS(=O)(=O)O. The van der Waals surface area contributed by atoms with Gasteiger partial charge in [0, 0.05) is 12.1 Å². The molecule has 1 radical (unpaired) electrons. The largest absolute Gasteiger partial charge is 0.334 e. The van der Waals surface area contributed by atoms with E-state index in [0.717, 1.165) is 12.8 Å². The minimum Gasteiger partial charge on any atom is -0.279 e. The van der Waals surface area contributed by atoms with E-state index < -0.39 is 10.3 Å². The molecule has 6 heteroatoms. The van der Waals surface area contributed by atoms with Crippen LogP contribution in [-0.2, 0) is 10.3 Å². The number of piperidine rings is 1. The lowest BCUT2D eigenvalue weighted by Crippen LogP contribution is -2.45. The van der Waals surface area contributed by atoms with Crippen LogP contribution in [0.15, 0.2) is 0 Å². The summed E-state index contributed by atoms with van der Waals surface area (Å²) in [6, 6.07) is 0.626. The lowest BCUT2D eigenvalue weighted by molar-refractivity contribution is 0.134. The van der Waals surface area contributed by atoms with Gasteiger partial charge >= 0.3 is 10.3 Å². The Kier molecular flexibility index (Phi) is 3.88. The molecule has 0 saturated carbocycles. The van der Waals surface area contributed by atoms with Crippen molar-refractivity contribution in [3.8, 4) is 0 Å². The summed E-state index contributed by atoms with van der Waals surface area (Å²) in [5, 5.41) is 0. The molecule has 0 aromatic carbocycles. The van der Waals surface area contributed by atoms with Crippen LogP contribution in [0.25, 0.3) is 0 Å². The van der Waals surface area contributed by atoms with E-state index in [2.05, 4.69) is 0 Å². The number of hydrogen-bond acceptors (Lipinski definition) is 3. The van der Waals surface area contributed by atoms with Crippen LogP contribution in [0.1, 0.15) is 33.1 Å². The van der Waals surface area contributed by atoms with Gasteiger partial charge in [0.1, 0.15) is 6.67 Å². The molecule has 0 bridgehead atoms. The summed E-state index contributed by atoms with van der Waals surface area (Å²) in [5.41, 5.74) is 0. The van der Waals surface area contributed by atoms with Crippen molar-refractivity contribution in [3.63, 3.8) is 0 Å². The van der Waals surface area contributed by atoms with Crippen molar-refractivity contribution in [3.05, 3.63) is 6.67 Å². The molecule has 1 saturated heterocycles. The molecule has 1 rings (SSSR count). The second-order valence-corrected chi connectivity index (χ2v) is 4.98. The Morgan fingerprint density at radius 1 is 1.36 bits per heavy atom. The third-order valence-electron chi connectivity index (χ3n) is 2.61. The monoisotopic (exact) mass is 221 g/mol. The van der Waals surface area contributed by atoms with E-state index in [9.17, 15) is 8.42 Å². The van der Waals surface area contributed by atoms with Crippen molar-refractivity contribution in [2.75, 3.05) is 0 Å². The van der Waals surface area contributed by atoms with Gasteiger partial charge in [0.15, 0.2) is 0 Å². The highest BCUT2D eigenvalue weighted by Crippen LogP contribution is 2.22. The van der Waals surface area contributed by atoms with E-state index in [0.29, 0.717) is 12.1 Å². The topological polar surface area (TPSA) is 69.6 Å². The van der Waals surface area contributed by atoms with Crippen LogP contribution in [0.4, 0.5) is 0 Å². The molecule has 2 unspecified atom stereocenters. The second-order valence-electron chi connectivity index (χ2n) is 3.80. The van der Waals surface area contributed by atoms with E-state index in [-0.39, 0.29) is 0 Å². The Labute approximate surface area is 85.4 Å². The number of hydrogen-bond donors (Lipinski definition) is 2. The van der Waals surface area contributed by atoms with Crippen LogP contribution >= 0.6 is 0 Å². The first-order valence-corrected chi connectivity index (χ1v) is 6.19. The number of nitrogens with zero attached hydrogens (tertiary/aromatic N) is 1. The molecular weight excluding hydrogens is 204 g/mol. The first-order chi connectivity index (χ1) is 6.40. The van der Waals surface area contributed by atoms with Crippen molar-refractivity contribution in [1.82, 2.24) is 9.62 Å². The minimum absolute atomic E-state index is 0.313. The van der Waals surface area contributed by atoms with Crippen LogP contribution in [-0.4, -0.2) is 30.0 Å². The predicted octanol–water partition coefficient (Wildman–Crippen LogP) is 0.761. The quantitative estimate of drug-likeness (QED) is 0.690. The Morgan fingerprint density at radius 2 is 1.86 bits per heavy atom. The predicted molar refractivity (Wildman–Crippen MR) is 53.6 cm³/mol. The molecule has 1 aliphatic heterocycles. The Morgan fingerprint density at radius 3 is 2.29 bits per heavy atom. The van der Waals surface area contributed by atoms with Crippen LogP contribution in [0.5, 0.6) is 0 Å². The first-order valence-electron chi connectivity index (χ1n) is 4.75. The summed E-state index contributed by atoms with van der Waals surface area (Å²) in [5.74, 6) is 0. The van der Waals surface area contributed by atoms with Crippen molar-refractivity contribution in [2.24, 2.45) is 0 Å². The van der Waals surface area contributed by atoms with Gasteiger partial charge in [-0.15, -0.1) is 0 Å². The maximum atomic E-state index is 10.5. The summed E-state index contributed by atoms with van der Waals surface area (Å²) < 4.78 is 31.5. The molecule has 0 aromatic heterocycles. The molecule has 1 aliphatic rings. The van der Waals surface area contributed by atoms with Gasteiger partial charge in [-0.3, -0.25) is 9.45 Å². The number of rotatable bonds is 3. The van der Waals surface area contributed by atoms with Crippen LogP contribution < -0.4 is 4.72 Å². The van der Waals surface area contributed by atoms with Gasteiger partial charge in [0.05, 0.1) is 0 Å². The molecule has 5 nitrogen and oxygen atoms in total. The lowest BCUT2D eigenvalue weighted by Gasteiger charge is -2.38. The van der Waals surface area contributed by atoms with E-state index in [4.69, 9.17) is 4.55 Å². The van der Waals surface area contributed by atoms with Gasteiger partial charge in [-0.05, 0) is 26.7 Å². The average Bonchev–Trinajstić information content (AvgIpc) is 2.01. The zero-order valence-electron chi connectivity index (χ0n) is 8.47. The smallest absolute Gasteiger partial charge is 0.279 e.